The maximum absolute atomic E-state index is 11.5. The van der Waals surface area contributed by atoms with Gasteiger partial charge in [-0.3, -0.25) is 0 Å². The van der Waals surface area contributed by atoms with E-state index in [-0.39, 0.29) is 12.1 Å². The lowest BCUT2D eigenvalue weighted by atomic mass is 10.0. The lowest BCUT2D eigenvalue weighted by Gasteiger charge is -2.16. The van der Waals surface area contributed by atoms with E-state index < -0.39 is 0 Å². The number of ether oxygens (including phenoxy) is 1. The molecule has 1 unspecified atom stereocenters. The van der Waals surface area contributed by atoms with E-state index in [1.165, 1.54) is 83.5 Å². The van der Waals surface area contributed by atoms with Crippen LogP contribution in [-0.2, 0) is 9.53 Å². The van der Waals surface area contributed by atoms with E-state index in [1.807, 2.05) is 0 Å². The van der Waals surface area contributed by atoms with E-state index in [4.69, 9.17) is 4.74 Å². The van der Waals surface area contributed by atoms with E-state index in [9.17, 15) is 4.79 Å². The first-order chi connectivity index (χ1) is 11.6. The predicted molar refractivity (Wildman–Crippen MR) is 105 cm³/mol. The fraction of sp³-hybridized carbons (Fsp3) is 0.864. The molecule has 2 nitrogen and oxygen atoms in total. The molecule has 0 bridgehead atoms. The van der Waals surface area contributed by atoms with Crippen LogP contribution in [0, 0.1) is 0 Å². The molecule has 0 aliphatic carbocycles. The monoisotopic (exact) mass is 338 g/mol. The van der Waals surface area contributed by atoms with Gasteiger partial charge in [0.25, 0.3) is 0 Å². The minimum absolute atomic E-state index is 0.0712. The van der Waals surface area contributed by atoms with Crippen LogP contribution in [0.15, 0.2) is 12.2 Å². The third-order valence-electron chi connectivity index (χ3n) is 4.71. The Morgan fingerprint density at radius 2 is 1.21 bits per heavy atom. The highest BCUT2D eigenvalue weighted by atomic mass is 16.5. The molecule has 142 valence electrons. The topological polar surface area (TPSA) is 26.3 Å². The van der Waals surface area contributed by atoms with Crippen LogP contribution >= 0.6 is 0 Å². The van der Waals surface area contributed by atoms with Crippen molar-refractivity contribution >= 4 is 5.97 Å². The van der Waals surface area contributed by atoms with Crippen molar-refractivity contribution in [1.29, 1.82) is 0 Å². The number of carbonyl (C=O) groups is 1. The van der Waals surface area contributed by atoms with Crippen molar-refractivity contribution in [1.82, 2.24) is 0 Å². The highest BCUT2D eigenvalue weighted by molar-refractivity contribution is 5.87. The summed E-state index contributed by atoms with van der Waals surface area (Å²) in [5, 5.41) is 0. The molecular weight excluding hydrogens is 296 g/mol. The van der Waals surface area contributed by atoms with Crippen molar-refractivity contribution in [2.45, 2.75) is 123 Å². The Morgan fingerprint density at radius 3 is 1.58 bits per heavy atom. The third kappa shape index (κ3) is 14.8. The molecule has 0 radical (unpaired) electrons. The van der Waals surface area contributed by atoms with Gasteiger partial charge in [-0.2, -0.15) is 0 Å². The number of esters is 1. The van der Waals surface area contributed by atoms with Gasteiger partial charge in [0.2, 0.25) is 0 Å². The molecule has 0 amide bonds. The highest BCUT2D eigenvalue weighted by Crippen LogP contribution is 2.15. The molecule has 0 N–H and O–H groups in total. The van der Waals surface area contributed by atoms with Crippen LogP contribution in [0.3, 0.4) is 0 Å². The Morgan fingerprint density at radius 1 is 0.792 bits per heavy atom. The Balaban J connectivity index is 3.34. The summed E-state index contributed by atoms with van der Waals surface area (Å²) in [6.45, 7) is 9.70. The third-order valence-corrected chi connectivity index (χ3v) is 4.71. The predicted octanol–water partition coefficient (Wildman–Crippen LogP) is 7.37. The Hall–Kier alpha value is -0.790. The summed E-state index contributed by atoms with van der Waals surface area (Å²) in [7, 11) is 0. The zero-order valence-corrected chi connectivity index (χ0v) is 16.7. The molecule has 0 aromatic heterocycles. The van der Waals surface area contributed by atoms with E-state index in [0.717, 1.165) is 12.8 Å². The molecular formula is C22H42O2. The fourth-order valence-corrected chi connectivity index (χ4v) is 2.99. The van der Waals surface area contributed by atoms with Gasteiger partial charge < -0.3 is 4.74 Å². The quantitative estimate of drug-likeness (QED) is 0.157. The fourth-order valence-electron chi connectivity index (χ4n) is 2.99. The van der Waals surface area contributed by atoms with Crippen LogP contribution in [0.4, 0.5) is 0 Å². The van der Waals surface area contributed by atoms with Crippen molar-refractivity contribution in [3.63, 3.8) is 0 Å². The molecule has 0 aliphatic rings. The van der Waals surface area contributed by atoms with E-state index >= 15 is 0 Å². The van der Waals surface area contributed by atoms with Crippen molar-refractivity contribution in [2.75, 3.05) is 0 Å². The van der Waals surface area contributed by atoms with Crippen LogP contribution < -0.4 is 0 Å². The van der Waals surface area contributed by atoms with Crippen LogP contribution in [0.2, 0.25) is 0 Å². The molecule has 0 spiro atoms. The van der Waals surface area contributed by atoms with Gasteiger partial charge in [-0.15, -0.1) is 0 Å². The first-order valence-electron chi connectivity index (χ1n) is 10.5. The summed E-state index contributed by atoms with van der Waals surface area (Å²) in [6.07, 6.45) is 19.7. The second-order valence-corrected chi connectivity index (χ2v) is 7.25. The van der Waals surface area contributed by atoms with E-state index in [0.29, 0.717) is 5.57 Å². The summed E-state index contributed by atoms with van der Waals surface area (Å²) < 4.78 is 5.43. The average Bonchev–Trinajstić information content (AvgIpc) is 2.57. The molecule has 0 saturated carbocycles. The summed E-state index contributed by atoms with van der Waals surface area (Å²) in [5.74, 6) is -0.239. The van der Waals surface area contributed by atoms with Crippen molar-refractivity contribution in [2.24, 2.45) is 0 Å². The Bertz CT molecular complexity index is 309. The Labute approximate surface area is 151 Å². The zero-order chi connectivity index (χ0) is 18.0. The molecule has 1 atom stereocenters. The SMILES string of the molecule is C=C(C)C(=O)OC(CC)CCCCCCCCCCCCCCC. The molecule has 0 aromatic rings. The first kappa shape index (κ1) is 23.2. The van der Waals surface area contributed by atoms with Gasteiger partial charge in [-0.05, 0) is 26.2 Å². The largest absolute Gasteiger partial charge is 0.459 e. The van der Waals surface area contributed by atoms with Crippen LogP contribution in [0.1, 0.15) is 117 Å². The van der Waals surface area contributed by atoms with E-state index in [1.54, 1.807) is 6.92 Å². The standard InChI is InChI=1S/C22H42O2/c1-5-7-8-9-10-11-12-13-14-15-16-17-18-19-21(6-2)24-22(23)20(3)4/h21H,3,5-19H2,1-2,4H3. The van der Waals surface area contributed by atoms with Crippen molar-refractivity contribution in [3.8, 4) is 0 Å². The zero-order valence-electron chi connectivity index (χ0n) is 16.7. The molecule has 0 saturated heterocycles. The second kappa shape index (κ2) is 17.0. The number of hydrogen-bond acceptors (Lipinski definition) is 2. The van der Waals surface area contributed by atoms with Crippen LogP contribution in [0.25, 0.3) is 0 Å². The number of carbonyl (C=O) groups excluding carboxylic acids is 1. The van der Waals surface area contributed by atoms with Crippen molar-refractivity contribution < 1.29 is 9.53 Å². The smallest absolute Gasteiger partial charge is 0.333 e. The number of unbranched alkanes of at least 4 members (excludes halogenated alkanes) is 12. The van der Waals surface area contributed by atoms with Gasteiger partial charge >= 0.3 is 5.97 Å². The van der Waals surface area contributed by atoms with Gasteiger partial charge in [0.05, 0.1) is 0 Å². The summed E-state index contributed by atoms with van der Waals surface area (Å²) in [6, 6.07) is 0. The van der Waals surface area contributed by atoms with Gasteiger partial charge in [0.15, 0.2) is 0 Å². The molecule has 2 heteroatoms. The maximum Gasteiger partial charge on any atom is 0.333 e. The minimum Gasteiger partial charge on any atom is -0.459 e. The number of rotatable bonds is 17. The normalized spacial score (nSPS) is 12.1. The van der Waals surface area contributed by atoms with Gasteiger partial charge in [-0.1, -0.05) is 97.5 Å². The molecule has 24 heavy (non-hydrogen) atoms. The van der Waals surface area contributed by atoms with Gasteiger partial charge in [-0.25, -0.2) is 4.79 Å². The molecule has 0 aromatic carbocycles. The summed E-state index contributed by atoms with van der Waals surface area (Å²) >= 11 is 0. The molecule has 0 aliphatic heterocycles. The molecule has 0 heterocycles. The van der Waals surface area contributed by atoms with E-state index in [2.05, 4.69) is 20.4 Å². The van der Waals surface area contributed by atoms with Crippen LogP contribution in [-0.4, -0.2) is 12.1 Å². The van der Waals surface area contributed by atoms with Gasteiger partial charge in [0, 0.05) is 5.57 Å². The highest BCUT2D eigenvalue weighted by Gasteiger charge is 2.12. The minimum atomic E-state index is -0.239. The maximum atomic E-state index is 11.5. The summed E-state index contributed by atoms with van der Waals surface area (Å²) in [4.78, 5) is 11.5. The lowest BCUT2D eigenvalue weighted by Crippen LogP contribution is -2.17. The Kier molecular flexibility index (Phi) is 16.5. The lowest BCUT2D eigenvalue weighted by molar-refractivity contribution is -0.144. The molecule has 0 fully saturated rings. The number of hydrogen-bond donors (Lipinski definition) is 0. The van der Waals surface area contributed by atoms with Crippen molar-refractivity contribution in [3.05, 3.63) is 12.2 Å². The van der Waals surface area contributed by atoms with Gasteiger partial charge in [0.1, 0.15) is 6.10 Å². The first-order valence-corrected chi connectivity index (χ1v) is 10.5. The average molecular weight is 339 g/mol. The molecule has 0 rings (SSSR count). The van der Waals surface area contributed by atoms with Crippen LogP contribution in [0.5, 0.6) is 0 Å². The summed E-state index contributed by atoms with van der Waals surface area (Å²) in [5.41, 5.74) is 0.499. The second-order valence-electron chi connectivity index (χ2n) is 7.25.